The van der Waals surface area contributed by atoms with Gasteiger partial charge in [0.25, 0.3) is 0 Å². The predicted octanol–water partition coefficient (Wildman–Crippen LogP) is 1.10. The van der Waals surface area contributed by atoms with E-state index in [1.807, 2.05) is 0 Å². The third-order valence-corrected chi connectivity index (χ3v) is 2.53. The Kier molecular flexibility index (Phi) is 4.67. The minimum absolute atomic E-state index is 0. The van der Waals surface area contributed by atoms with Crippen LogP contribution in [0.25, 0.3) is 0 Å². The second-order valence-electron chi connectivity index (χ2n) is 3.25. The van der Waals surface area contributed by atoms with Gasteiger partial charge in [-0.05, 0) is 12.8 Å². The minimum atomic E-state index is -1.49. The normalized spacial score (nSPS) is 20.0. The van der Waals surface area contributed by atoms with Crippen LogP contribution in [0.4, 0.5) is 0 Å². The molecule has 13 heavy (non-hydrogen) atoms. The molecule has 1 rings (SSSR count). The maximum Gasteiger partial charge on any atom is 0.321 e. The summed E-state index contributed by atoms with van der Waals surface area (Å²) in [5.41, 5.74) is -1.49. The van der Waals surface area contributed by atoms with E-state index in [0.717, 1.165) is 6.42 Å². The molecule has 0 heterocycles. The first-order chi connectivity index (χ1) is 5.59. The third kappa shape index (κ3) is 2.33. The molecule has 1 fully saturated rings. The van der Waals surface area contributed by atoms with Gasteiger partial charge in [0, 0.05) is 22.4 Å². The van der Waals surface area contributed by atoms with Crippen LogP contribution < -0.4 is 0 Å². The van der Waals surface area contributed by atoms with Crippen LogP contribution in [-0.2, 0) is 32.0 Å². The summed E-state index contributed by atoms with van der Waals surface area (Å²) >= 11 is 0. The summed E-state index contributed by atoms with van der Waals surface area (Å²) in [5, 5.41) is 17.6. The molecule has 0 atom stereocenters. The number of carbonyl (C=O) groups is 2. The van der Waals surface area contributed by atoms with Gasteiger partial charge < -0.3 is 10.2 Å². The molecule has 5 heteroatoms. The largest absolute Gasteiger partial charge is 0.480 e. The molecule has 0 saturated heterocycles. The van der Waals surface area contributed by atoms with Crippen LogP contribution >= 0.6 is 0 Å². The molecule has 0 spiro atoms. The molecule has 0 amide bonds. The van der Waals surface area contributed by atoms with Crippen molar-refractivity contribution in [3.63, 3.8) is 0 Å². The van der Waals surface area contributed by atoms with Crippen molar-refractivity contribution in [1.29, 1.82) is 0 Å². The van der Waals surface area contributed by atoms with Crippen LogP contribution in [0.3, 0.4) is 0 Å². The van der Waals surface area contributed by atoms with E-state index in [1.165, 1.54) is 0 Å². The molecule has 0 aromatic heterocycles. The molecule has 0 bridgehead atoms. The van der Waals surface area contributed by atoms with E-state index in [-0.39, 0.29) is 35.2 Å². The summed E-state index contributed by atoms with van der Waals surface area (Å²) in [4.78, 5) is 21.5. The number of aliphatic carboxylic acids is 2. The molecule has 2 N–H and O–H groups in total. The Balaban J connectivity index is 0.00000144. The Morgan fingerprint density at radius 3 is 1.54 bits per heavy atom. The molecule has 0 aromatic rings. The number of carboxylic acids is 2. The van der Waals surface area contributed by atoms with Crippen molar-refractivity contribution in [1.82, 2.24) is 0 Å². The summed E-state index contributed by atoms with van der Waals surface area (Å²) in [6.45, 7) is 0. The standard InChI is InChI=1S/C8H12O4.Ag/c9-6(10)8(7(11)12)4-2-1-3-5-8;/h1-5H2,(H,9,10)(H,11,12);. The molecular weight excluding hydrogens is 268 g/mol. The van der Waals surface area contributed by atoms with Gasteiger partial charge >= 0.3 is 11.9 Å². The van der Waals surface area contributed by atoms with Gasteiger partial charge in [-0.3, -0.25) is 9.59 Å². The van der Waals surface area contributed by atoms with Crippen LogP contribution in [-0.4, -0.2) is 22.2 Å². The Bertz CT molecular complexity index is 192. The number of hydrogen-bond acceptors (Lipinski definition) is 2. The van der Waals surface area contributed by atoms with Crippen LogP contribution in [0.5, 0.6) is 0 Å². The van der Waals surface area contributed by atoms with E-state index in [1.54, 1.807) is 0 Å². The van der Waals surface area contributed by atoms with Gasteiger partial charge in [0.15, 0.2) is 5.41 Å². The first-order valence-electron chi connectivity index (χ1n) is 4.06. The van der Waals surface area contributed by atoms with E-state index in [9.17, 15) is 9.59 Å². The Hall–Kier alpha value is -0.320. The zero-order valence-electron chi connectivity index (χ0n) is 7.05. The molecule has 1 saturated carbocycles. The van der Waals surface area contributed by atoms with Gasteiger partial charge in [0.1, 0.15) is 0 Å². The zero-order valence-corrected chi connectivity index (χ0v) is 8.53. The second kappa shape index (κ2) is 4.79. The zero-order chi connectivity index (χ0) is 9.19. The fraction of sp³-hybridized carbons (Fsp3) is 0.750. The first kappa shape index (κ1) is 12.7. The molecule has 79 valence electrons. The first-order valence-corrected chi connectivity index (χ1v) is 4.06. The van der Waals surface area contributed by atoms with Gasteiger partial charge in [-0.2, -0.15) is 0 Å². The van der Waals surface area contributed by atoms with Gasteiger partial charge in [0.2, 0.25) is 0 Å². The number of rotatable bonds is 2. The molecule has 0 unspecified atom stereocenters. The summed E-state index contributed by atoms with van der Waals surface area (Å²) in [6, 6.07) is 0. The molecular formula is C8H12AgO4. The molecule has 4 nitrogen and oxygen atoms in total. The van der Waals surface area contributed by atoms with E-state index >= 15 is 0 Å². The van der Waals surface area contributed by atoms with Crippen LogP contribution in [0.15, 0.2) is 0 Å². The van der Waals surface area contributed by atoms with Crippen molar-refractivity contribution in [2.75, 3.05) is 0 Å². The minimum Gasteiger partial charge on any atom is -0.480 e. The van der Waals surface area contributed by atoms with Gasteiger partial charge in [0.05, 0.1) is 0 Å². The maximum absolute atomic E-state index is 10.7. The van der Waals surface area contributed by atoms with Crippen molar-refractivity contribution in [3.8, 4) is 0 Å². The molecule has 0 aliphatic heterocycles. The number of carboxylic acid groups (broad SMARTS) is 2. The van der Waals surface area contributed by atoms with Crippen LogP contribution in [0.1, 0.15) is 32.1 Å². The fourth-order valence-electron chi connectivity index (χ4n) is 1.67. The Labute approximate surface area is 91.8 Å². The van der Waals surface area contributed by atoms with E-state index in [2.05, 4.69) is 0 Å². The molecule has 1 aliphatic rings. The monoisotopic (exact) mass is 279 g/mol. The maximum atomic E-state index is 10.7. The summed E-state index contributed by atoms with van der Waals surface area (Å²) in [7, 11) is 0. The summed E-state index contributed by atoms with van der Waals surface area (Å²) in [5.74, 6) is -2.37. The second-order valence-corrected chi connectivity index (χ2v) is 3.25. The van der Waals surface area contributed by atoms with Crippen LogP contribution in [0.2, 0.25) is 0 Å². The van der Waals surface area contributed by atoms with Crippen molar-refractivity contribution >= 4 is 11.9 Å². The van der Waals surface area contributed by atoms with Gasteiger partial charge in [-0.25, -0.2) is 0 Å². The molecule has 1 aliphatic carbocycles. The predicted molar refractivity (Wildman–Crippen MR) is 40.8 cm³/mol. The smallest absolute Gasteiger partial charge is 0.321 e. The molecule has 0 aromatic carbocycles. The Morgan fingerprint density at radius 1 is 0.923 bits per heavy atom. The van der Waals surface area contributed by atoms with Gasteiger partial charge in [-0.15, -0.1) is 0 Å². The van der Waals surface area contributed by atoms with E-state index in [0.29, 0.717) is 12.8 Å². The molecule has 1 radical (unpaired) electrons. The van der Waals surface area contributed by atoms with Crippen molar-refractivity contribution in [2.45, 2.75) is 32.1 Å². The van der Waals surface area contributed by atoms with E-state index in [4.69, 9.17) is 10.2 Å². The summed E-state index contributed by atoms with van der Waals surface area (Å²) in [6.07, 6.45) is 2.91. The van der Waals surface area contributed by atoms with Crippen molar-refractivity contribution in [2.24, 2.45) is 5.41 Å². The average molecular weight is 280 g/mol. The quantitative estimate of drug-likeness (QED) is 0.587. The van der Waals surface area contributed by atoms with Crippen molar-refractivity contribution in [3.05, 3.63) is 0 Å². The average Bonchev–Trinajstić information content (AvgIpc) is 2.05. The fourth-order valence-corrected chi connectivity index (χ4v) is 1.67. The van der Waals surface area contributed by atoms with Crippen LogP contribution in [0, 0.1) is 5.41 Å². The van der Waals surface area contributed by atoms with Gasteiger partial charge in [-0.1, -0.05) is 19.3 Å². The third-order valence-electron chi connectivity index (χ3n) is 2.53. The SMILES string of the molecule is O=C(O)C1(C(=O)O)CCCCC1.[Ag]. The number of hydrogen-bond donors (Lipinski definition) is 2. The summed E-state index contributed by atoms with van der Waals surface area (Å²) < 4.78 is 0. The Morgan fingerprint density at radius 2 is 1.31 bits per heavy atom. The van der Waals surface area contributed by atoms with E-state index < -0.39 is 17.4 Å². The topological polar surface area (TPSA) is 74.6 Å². The van der Waals surface area contributed by atoms with Crippen molar-refractivity contribution < 1.29 is 42.2 Å².